The standard InChI is InChI=1S/C16H19F3N2O2S/c1-10(7-11-3-5-12(23-2)6-4-11)20-8-14(22)13-9-24-15(21-13)16(17,18)19/h3-6,9-10,14,20,22H,7-8H2,1-2H3. The summed E-state index contributed by atoms with van der Waals surface area (Å²) in [6.07, 6.45) is -4.82. The molecular weight excluding hydrogens is 341 g/mol. The fourth-order valence-corrected chi connectivity index (χ4v) is 2.91. The number of rotatable bonds is 7. The predicted molar refractivity (Wildman–Crippen MR) is 86.2 cm³/mol. The molecule has 0 saturated heterocycles. The van der Waals surface area contributed by atoms with Crippen molar-refractivity contribution in [3.05, 3.63) is 45.9 Å². The van der Waals surface area contributed by atoms with Gasteiger partial charge in [0.1, 0.15) is 11.9 Å². The molecule has 132 valence electrons. The van der Waals surface area contributed by atoms with Crippen molar-refractivity contribution in [1.29, 1.82) is 0 Å². The molecule has 2 N–H and O–H groups in total. The number of aliphatic hydroxyl groups excluding tert-OH is 1. The number of thiazole rings is 1. The highest BCUT2D eigenvalue weighted by molar-refractivity contribution is 7.09. The molecule has 0 aliphatic heterocycles. The van der Waals surface area contributed by atoms with Crippen LogP contribution in [0, 0.1) is 0 Å². The summed E-state index contributed by atoms with van der Waals surface area (Å²) in [4.78, 5) is 3.45. The molecule has 2 rings (SSSR count). The number of aliphatic hydroxyl groups is 1. The predicted octanol–water partition coefficient (Wildman–Crippen LogP) is 3.42. The van der Waals surface area contributed by atoms with Crippen LogP contribution in [-0.2, 0) is 12.6 Å². The van der Waals surface area contributed by atoms with Gasteiger partial charge in [-0.25, -0.2) is 4.98 Å². The smallest absolute Gasteiger partial charge is 0.443 e. The molecule has 2 aromatic rings. The molecule has 0 bridgehead atoms. The zero-order valence-electron chi connectivity index (χ0n) is 13.3. The van der Waals surface area contributed by atoms with Gasteiger partial charge in [-0.3, -0.25) is 0 Å². The summed E-state index contributed by atoms with van der Waals surface area (Å²) in [7, 11) is 1.60. The summed E-state index contributed by atoms with van der Waals surface area (Å²) in [6, 6.07) is 7.68. The molecule has 0 fully saturated rings. The largest absolute Gasteiger partial charge is 0.497 e. The van der Waals surface area contributed by atoms with Crippen LogP contribution in [0.5, 0.6) is 5.75 Å². The van der Waals surface area contributed by atoms with Gasteiger partial charge in [0.15, 0.2) is 5.01 Å². The van der Waals surface area contributed by atoms with E-state index >= 15 is 0 Å². The van der Waals surface area contributed by atoms with E-state index < -0.39 is 17.3 Å². The van der Waals surface area contributed by atoms with E-state index in [-0.39, 0.29) is 18.3 Å². The Morgan fingerprint density at radius 2 is 1.96 bits per heavy atom. The third kappa shape index (κ3) is 5.19. The Morgan fingerprint density at radius 3 is 2.50 bits per heavy atom. The van der Waals surface area contributed by atoms with Crippen LogP contribution in [0.4, 0.5) is 13.2 Å². The summed E-state index contributed by atoms with van der Waals surface area (Å²) < 4.78 is 42.6. The van der Waals surface area contributed by atoms with Gasteiger partial charge < -0.3 is 15.2 Å². The number of methoxy groups -OCH3 is 1. The first-order chi connectivity index (χ1) is 11.3. The zero-order chi connectivity index (χ0) is 17.7. The molecule has 1 heterocycles. The highest BCUT2D eigenvalue weighted by atomic mass is 32.1. The first-order valence-corrected chi connectivity index (χ1v) is 8.24. The molecule has 2 unspecified atom stereocenters. The Hall–Kier alpha value is -1.64. The average Bonchev–Trinajstić information content (AvgIpc) is 3.03. The molecule has 0 saturated carbocycles. The normalized spacial score (nSPS) is 14.4. The number of aromatic nitrogens is 1. The number of hydrogen-bond acceptors (Lipinski definition) is 5. The van der Waals surface area contributed by atoms with Crippen LogP contribution >= 0.6 is 11.3 Å². The fraction of sp³-hybridized carbons (Fsp3) is 0.438. The highest BCUT2D eigenvalue weighted by Crippen LogP contribution is 2.32. The molecule has 1 aromatic heterocycles. The summed E-state index contributed by atoms with van der Waals surface area (Å²) in [5.74, 6) is 0.777. The number of benzene rings is 1. The number of alkyl halides is 3. The molecule has 2 atom stereocenters. The van der Waals surface area contributed by atoms with Gasteiger partial charge in [0.25, 0.3) is 0 Å². The van der Waals surface area contributed by atoms with Gasteiger partial charge in [-0.15, -0.1) is 11.3 Å². The van der Waals surface area contributed by atoms with Crippen molar-refractivity contribution in [2.75, 3.05) is 13.7 Å². The van der Waals surface area contributed by atoms with Crippen LogP contribution < -0.4 is 10.1 Å². The molecule has 24 heavy (non-hydrogen) atoms. The molecule has 0 amide bonds. The van der Waals surface area contributed by atoms with Crippen molar-refractivity contribution in [2.24, 2.45) is 0 Å². The minimum absolute atomic E-state index is 0.0384. The lowest BCUT2D eigenvalue weighted by Gasteiger charge is -2.16. The van der Waals surface area contributed by atoms with E-state index in [1.165, 1.54) is 5.38 Å². The maximum atomic E-state index is 12.5. The van der Waals surface area contributed by atoms with Gasteiger partial charge in [0, 0.05) is 18.0 Å². The van der Waals surface area contributed by atoms with Gasteiger partial charge in [0.05, 0.1) is 12.8 Å². The van der Waals surface area contributed by atoms with E-state index in [2.05, 4.69) is 10.3 Å². The molecule has 4 nitrogen and oxygen atoms in total. The van der Waals surface area contributed by atoms with Crippen LogP contribution in [0.15, 0.2) is 29.6 Å². The third-order valence-electron chi connectivity index (χ3n) is 3.47. The van der Waals surface area contributed by atoms with Crippen molar-refractivity contribution < 1.29 is 23.0 Å². The average molecular weight is 360 g/mol. The Labute approximate surface area is 142 Å². The van der Waals surface area contributed by atoms with Crippen molar-refractivity contribution >= 4 is 11.3 Å². The van der Waals surface area contributed by atoms with E-state index in [0.29, 0.717) is 11.3 Å². The van der Waals surface area contributed by atoms with Crippen LogP contribution in [-0.4, -0.2) is 29.8 Å². The number of nitrogens with one attached hydrogen (secondary N) is 1. The van der Waals surface area contributed by atoms with Crippen LogP contribution in [0.25, 0.3) is 0 Å². The number of ether oxygens (including phenoxy) is 1. The summed E-state index contributed by atoms with van der Waals surface area (Å²) >= 11 is 0.489. The first kappa shape index (κ1) is 18.7. The van der Waals surface area contributed by atoms with Crippen molar-refractivity contribution in [3.63, 3.8) is 0 Å². The van der Waals surface area contributed by atoms with Crippen LogP contribution in [0.2, 0.25) is 0 Å². The van der Waals surface area contributed by atoms with Crippen LogP contribution in [0.3, 0.4) is 0 Å². The van der Waals surface area contributed by atoms with Gasteiger partial charge in [-0.2, -0.15) is 13.2 Å². The quantitative estimate of drug-likeness (QED) is 0.794. The second-order valence-electron chi connectivity index (χ2n) is 5.45. The number of nitrogens with zero attached hydrogens (tertiary/aromatic N) is 1. The van der Waals surface area contributed by atoms with Crippen molar-refractivity contribution in [3.8, 4) is 5.75 Å². The van der Waals surface area contributed by atoms with Crippen molar-refractivity contribution in [1.82, 2.24) is 10.3 Å². The maximum Gasteiger partial charge on any atom is 0.443 e. The zero-order valence-corrected chi connectivity index (χ0v) is 14.1. The van der Waals surface area contributed by atoms with E-state index in [9.17, 15) is 18.3 Å². The van der Waals surface area contributed by atoms with Gasteiger partial charge >= 0.3 is 6.18 Å². The molecule has 0 spiro atoms. The van der Waals surface area contributed by atoms with Crippen LogP contribution in [0.1, 0.15) is 29.3 Å². The van der Waals surface area contributed by atoms with Gasteiger partial charge in [-0.05, 0) is 31.0 Å². The Bertz CT molecular complexity index is 644. The molecule has 0 aliphatic rings. The first-order valence-electron chi connectivity index (χ1n) is 7.36. The summed E-state index contributed by atoms with van der Waals surface area (Å²) in [5, 5.41) is 13.4. The monoisotopic (exact) mass is 360 g/mol. The molecular formula is C16H19F3N2O2S. The number of halogens is 3. The van der Waals surface area contributed by atoms with E-state index in [4.69, 9.17) is 4.74 Å². The second kappa shape index (κ2) is 7.96. The molecule has 0 aliphatic carbocycles. The summed E-state index contributed by atoms with van der Waals surface area (Å²) in [5.41, 5.74) is 1.13. The lowest BCUT2D eigenvalue weighted by Crippen LogP contribution is -2.32. The van der Waals surface area contributed by atoms with E-state index in [0.717, 1.165) is 17.7 Å². The highest BCUT2D eigenvalue weighted by Gasteiger charge is 2.35. The lowest BCUT2D eigenvalue weighted by molar-refractivity contribution is -0.137. The third-order valence-corrected chi connectivity index (χ3v) is 4.37. The second-order valence-corrected chi connectivity index (χ2v) is 6.31. The molecule has 1 aromatic carbocycles. The minimum atomic E-state index is -4.47. The molecule has 0 radical (unpaired) electrons. The SMILES string of the molecule is COc1ccc(CC(C)NCC(O)c2csc(C(F)(F)F)n2)cc1. The fourth-order valence-electron chi connectivity index (χ4n) is 2.17. The van der Waals surface area contributed by atoms with Crippen molar-refractivity contribution in [2.45, 2.75) is 31.7 Å². The Morgan fingerprint density at radius 1 is 1.29 bits per heavy atom. The van der Waals surface area contributed by atoms with Gasteiger partial charge in [0.2, 0.25) is 0 Å². The Balaban J connectivity index is 1.84. The van der Waals surface area contributed by atoms with Gasteiger partial charge in [-0.1, -0.05) is 12.1 Å². The lowest BCUT2D eigenvalue weighted by atomic mass is 10.1. The maximum absolute atomic E-state index is 12.5. The molecule has 8 heteroatoms. The van der Waals surface area contributed by atoms with E-state index in [1.54, 1.807) is 7.11 Å². The van der Waals surface area contributed by atoms with E-state index in [1.807, 2.05) is 31.2 Å². The Kier molecular flexibility index (Phi) is 6.20. The summed E-state index contributed by atoms with van der Waals surface area (Å²) in [6.45, 7) is 2.08. The number of hydrogen-bond donors (Lipinski definition) is 2. The minimum Gasteiger partial charge on any atom is -0.497 e. The topological polar surface area (TPSA) is 54.4 Å².